The molecule has 5 aliphatic rings. The molecule has 332 valence electrons. The molecule has 4 fully saturated rings. The Balaban J connectivity index is 1.15. The van der Waals surface area contributed by atoms with Crippen molar-refractivity contribution in [3.63, 3.8) is 0 Å². The van der Waals surface area contributed by atoms with Crippen molar-refractivity contribution in [1.82, 2.24) is 35.2 Å². The monoisotopic (exact) mass is 864 g/mol. The number of hydrazine groups is 1. The smallest absolute Gasteiger partial charge is 0.324 e. The number of amides is 2. The van der Waals surface area contributed by atoms with Crippen molar-refractivity contribution in [2.45, 2.75) is 117 Å². The minimum Gasteiger partial charge on any atom is -0.464 e. The van der Waals surface area contributed by atoms with E-state index in [0.717, 1.165) is 76.0 Å². The summed E-state index contributed by atoms with van der Waals surface area (Å²) < 4.78 is 14.6. The number of aryl methyl sites for hydroxylation is 1. The van der Waals surface area contributed by atoms with Crippen molar-refractivity contribution in [3.8, 4) is 22.5 Å². The maximum absolute atomic E-state index is 14.2. The summed E-state index contributed by atoms with van der Waals surface area (Å²) in [6.07, 6.45) is 7.64. The minimum atomic E-state index is -0.837. The molecule has 13 nitrogen and oxygen atoms in total. The van der Waals surface area contributed by atoms with Crippen molar-refractivity contribution in [2.75, 3.05) is 51.3 Å². The van der Waals surface area contributed by atoms with Gasteiger partial charge in [-0.15, -0.1) is 11.3 Å². The fraction of sp³-hybridized carbons (Fsp3) is 0.604. The molecule has 3 aromatic heterocycles. The third kappa shape index (κ3) is 8.28. The van der Waals surface area contributed by atoms with Gasteiger partial charge in [0.1, 0.15) is 12.1 Å². The minimum absolute atomic E-state index is 0.109. The molecule has 4 aromatic rings. The van der Waals surface area contributed by atoms with Crippen LogP contribution in [0, 0.1) is 23.2 Å². The zero-order valence-corrected chi connectivity index (χ0v) is 38.4. The van der Waals surface area contributed by atoms with Crippen LogP contribution in [0.1, 0.15) is 96.0 Å². The Kier molecular flexibility index (Phi) is 12.0. The van der Waals surface area contributed by atoms with Gasteiger partial charge in [-0.05, 0) is 88.1 Å². The highest BCUT2D eigenvalue weighted by Crippen LogP contribution is 2.46. The van der Waals surface area contributed by atoms with Crippen LogP contribution >= 0.6 is 11.3 Å². The Morgan fingerprint density at radius 2 is 1.90 bits per heavy atom. The largest absolute Gasteiger partial charge is 0.464 e. The Morgan fingerprint density at radius 3 is 2.68 bits per heavy atom. The van der Waals surface area contributed by atoms with Crippen molar-refractivity contribution in [2.24, 2.45) is 23.2 Å². The number of benzene rings is 1. The van der Waals surface area contributed by atoms with Crippen LogP contribution in [0.15, 0.2) is 35.8 Å². The van der Waals surface area contributed by atoms with Crippen LogP contribution in [-0.2, 0) is 43.2 Å². The number of fused-ring (bicyclic) bond motifs is 7. The highest BCUT2D eigenvalue weighted by Gasteiger charge is 2.49. The molecule has 4 aliphatic heterocycles. The number of carbonyl (C=O) groups excluding carboxylic acids is 3. The van der Waals surface area contributed by atoms with Gasteiger partial charge in [-0.25, -0.2) is 10.4 Å². The standard InChI is InChI=1S/C48H64N8O5S/c1-8-55-40-15-14-31-20-34(40)36(44(55)35-21-33(24-49-43(35)30(4)60-7)54-19-18-53-16-10-9-12-32(53)25-54)23-48(5,6)27-61-47(59)37-13-11-17-56(52-37)46(58)38(22-41-50-39(31)26-62-41)51-45(57)42-28(2)29(42)3/h14-15,20-21,24,26,28-30,32,37-38,42,52H,8-13,16-19,22-23,25,27H2,1-7H3,(H,51,57)/t28-,29+,30-,32+,37-,38-,42?/m0/s1. The molecule has 7 atom stereocenters. The van der Waals surface area contributed by atoms with Gasteiger partial charge in [-0.2, -0.15) is 0 Å². The van der Waals surface area contributed by atoms with Gasteiger partial charge < -0.3 is 24.3 Å². The van der Waals surface area contributed by atoms with E-state index >= 15 is 0 Å². The van der Waals surface area contributed by atoms with Crippen LogP contribution in [0.25, 0.3) is 33.4 Å². The molecule has 7 heterocycles. The normalized spacial score (nSPS) is 27.3. The number of anilines is 1. The van der Waals surface area contributed by atoms with E-state index in [1.54, 1.807) is 7.11 Å². The fourth-order valence-corrected chi connectivity index (χ4v) is 11.4. The average Bonchev–Trinajstić information content (AvgIpc) is 3.54. The lowest BCUT2D eigenvalue weighted by Crippen LogP contribution is -2.60. The first kappa shape index (κ1) is 42.9. The predicted molar refractivity (Wildman–Crippen MR) is 243 cm³/mol. The van der Waals surface area contributed by atoms with E-state index in [2.05, 4.69) is 96.3 Å². The SMILES string of the molecule is CCn1c(-c2cc(N3CCN4CCCC[C@@H]4C3)cnc2[C@H](C)OC)c2c3cc(ccc31)-c1csc(n1)C[C@H](NC(=O)C1[C@@H](C)[C@H]1C)C(=O)N1CCC[C@H](N1)C(=O)OCC(C)(C)C2. The van der Waals surface area contributed by atoms with Gasteiger partial charge in [0.25, 0.3) is 5.91 Å². The molecule has 3 saturated heterocycles. The highest BCUT2D eigenvalue weighted by molar-refractivity contribution is 7.10. The number of carbonyl (C=O) groups is 3. The lowest BCUT2D eigenvalue weighted by atomic mass is 9.84. The van der Waals surface area contributed by atoms with Gasteiger partial charge in [-0.3, -0.25) is 29.3 Å². The molecule has 0 radical (unpaired) electrons. The summed E-state index contributed by atoms with van der Waals surface area (Å²) in [5, 5.41) is 8.54. The van der Waals surface area contributed by atoms with E-state index < -0.39 is 17.5 Å². The lowest BCUT2D eigenvalue weighted by molar-refractivity contribution is -0.155. The first-order chi connectivity index (χ1) is 29.8. The number of hydrogen-bond acceptors (Lipinski definition) is 11. The van der Waals surface area contributed by atoms with E-state index in [4.69, 9.17) is 19.4 Å². The number of methoxy groups -OCH3 is 1. The Morgan fingerprint density at radius 1 is 1.08 bits per heavy atom. The zero-order valence-electron chi connectivity index (χ0n) is 37.5. The van der Waals surface area contributed by atoms with Gasteiger partial charge in [0, 0.05) is 91.0 Å². The molecule has 2 N–H and O–H groups in total. The molecular weight excluding hydrogens is 801 g/mol. The number of rotatable bonds is 7. The second-order valence-electron chi connectivity index (χ2n) is 19.3. The fourth-order valence-electron chi connectivity index (χ4n) is 10.6. The number of piperazine rings is 1. The van der Waals surface area contributed by atoms with E-state index in [0.29, 0.717) is 31.8 Å². The Labute approximate surface area is 369 Å². The van der Waals surface area contributed by atoms with Crippen LogP contribution in [0.4, 0.5) is 5.69 Å². The van der Waals surface area contributed by atoms with Crippen LogP contribution in [0.3, 0.4) is 0 Å². The lowest BCUT2D eigenvalue weighted by Gasteiger charge is -2.45. The molecule has 6 bridgehead atoms. The first-order valence-electron chi connectivity index (χ1n) is 23.0. The summed E-state index contributed by atoms with van der Waals surface area (Å²) in [6.45, 7) is 18.3. The zero-order chi connectivity index (χ0) is 43.4. The summed E-state index contributed by atoms with van der Waals surface area (Å²) in [4.78, 5) is 57.1. The molecule has 1 aromatic carbocycles. The molecule has 2 amide bonds. The summed E-state index contributed by atoms with van der Waals surface area (Å²) >= 11 is 1.50. The maximum atomic E-state index is 14.2. The Bertz CT molecular complexity index is 2330. The van der Waals surface area contributed by atoms with Gasteiger partial charge in [0.2, 0.25) is 5.91 Å². The number of piperidine rings is 1. The number of aromatic nitrogens is 3. The van der Waals surface area contributed by atoms with Crippen molar-refractivity contribution in [1.29, 1.82) is 0 Å². The molecule has 62 heavy (non-hydrogen) atoms. The number of esters is 1. The second kappa shape index (κ2) is 17.3. The van der Waals surface area contributed by atoms with Gasteiger partial charge >= 0.3 is 5.97 Å². The molecule has 0 spiro atoms. The van der Waals surface area contributed by atoms with Gasteiger partial charge in [-0.1, -0.05) is 40.2 Å². The first-order valence-corrected chi connectivity index (χ1v) is 23.9. The second-order valence-corrected chi connectivity index (χ2v) is 20.3. The van der Waals surface area contributed by atoms with Crippen LogP contribution in [0.5, 0.6) is 0 Å². The van der Waals surface area contributed by atoms with Crippen LogP contribution < -0.4 is 15.6 Å². The summed E-state index contributed by atoms with van der Waals surface area (Å²) in [5.74, 6) is -0.352. The summed E-state index contributed by atoms with van der Waals surface area (Å²) in [7, 11) is 1.74. The van der Waals surface area contributed by atoms with Crippen LogP contribution in [0.2, 0.25) is 0 Å². The number of nitrogens with zero attached hydrogens (tertiary/aromatic N) is 6. The van der Waals surface area contributed by atoms with Crippen LogP contribution in [-0.4, -0.2) is 107 Å². The third-order valence-corrected chi connectivity index (χ3v) is 15.4. The van der Waals surface area contributed by atoms with Crippen molar-refractivity contribution in [3.05, 3.63) is 52.1 Å². The topological polar surface area (TPSA) is 134 Å². The van der Waals surface area contributed by atoms with E-state index in [1.807, 2.05) is 6.20 Å². The highest BCUT2D eigenvalue weighted by atomic mass is 32.1. The number of nitrogens with one attached hydrogen (secondary N) is 2. The van der Waals surface area contributed by atoms with E-state index in [1.165, 1.54) is 47.7 Å². The van der Waals surface area contributed by atoms with E-state index in [-0.39, 0.29) is 54.7 Å². The van der Waals surface area contributed by atoms with Gasteiger partial charge in [0.05, 0.1) is 46.7 Å². The number of hydrogen-bond donors (Lipinski definition) is 2. The average molecular weight is 865 g/mol. The predicted octanol–water partition coefficient (Wildman–Crippen LogP) is 6.78. The molecule has 9 rings (SSSR count). The number of thiazole rings is 1. The van der Waals surface area contributed by atoms with Crippen molar-refractivity contribution >= 4 is 45.7 Å². The number of pyridine rings is 1. The summed E-state index contributed by atoms with van der Waals surface area (Å²) in [5.41, 5.74) is 11.0. The van der Waals surface area contributed by atoms with Gasteiger partial charge in [0.15, 0.2) is 0 Å². The molecular formula is C48H64N8O5S. The maximum Gasteiger partial charge on any atom is 0.324 e. The van der Waals surface area contributed by atoms with Crippen molar-refractivity contribution < 1.29 is 23.9 Å². The molecule has 1 aliphatic carbocycles. The van der Waals surface area contributed by atoms with E-state index in [9.17, 15) is 14.4 Å². The quantitative estimate of drug-likeness (QED) is 0.192. The molecule has 1 unspecified atom stereocenters. The Hall–Kier alpha value is -4.37. The number of ether oxygens (including phenoxy) is 2. The molecule has 1 saturated carbocycles. The summed E-state index contributed by atoms with van der Waals surface area (Å²) in [6, 6.07) is 7.99. The third-order valence-electron chi connectivity index (χ3n) is 14.5. The molecule has 14 heteroatoms. The number of cyclic esters (lactones) is 1.